The predicted octanol–water partition coefficient (Wildman–Crippen LogP) is 0.525. The van der Waals surface area contributed by atoms with Gasteiger partial charge in [0.1, 0.15) is 0 Å². The van der Waals surface area contributed by atoms with E-state index >= 15 is 0 Å². The minimum Gasteiger partial charge on any atom is -0.466 e. The average Bonchev–Trinajstić information content (AvgIpc) is 2.61. The first-order chi connectivity index (χ1) is 8.04. The Morgan fingerprint density at radius 3 is 2.65 bits per heavy atom. The average molecular weight is 242 g/mol. The molecule has 2 N–H and O–H groups in total. The summed E-state index contributed by atoms with van der Waals surface area (Å²) in [4.78, 5) is 24.1. The summed E-state index contributed by atoms with van der Waals surface area (Å²) in [6, 6.07) is 0.0427. The summed E-state index contributed by atoms with van der Waals surface area (Å²) in [6.45, 7) is 5.15. The summed E-state index contributed by atoms with van der Waals surface area (Å²) in [5.41, 5.74) is 5.97. The van der Waals surface area contributed by atoms with Crippen molar-refractivity contribution in [3.05, 3.63) is 0 Å². The molecule has 0 aromatic heterocycles. The van der Waals surface area contributed by atoms with E-state index in [-0.39, 0.29) is 17.9 Å². The maximum atomic E-state index is 11.2. The van der Waals surface area contributed by atoms with Gasteiger partial charge in [0, 0.05) is 32.5 Å². The number of hydrogen-bond acceptors (Lipinski definition) is 4. The van der Waals surface area contributed by atoms with E-state index in [1.807, 2.05) is 0 Å². The highest BCUT2D eigenvalue weighted by molar-refractivity contribution is 5.73. The van der Waals surface area contributed by atoms with E-state index in [0.29, 0.717) is 25.5 Å². The van der Waals surface area contributed by atoms with Crippen LogP contribution in [0.2, 0.25) is 0 Å². The van der Waals surface area contributed by atoms with E-state index in [2.05, 4.69) is 0 Å². The Hall–Kier alpha value is -1.10. The molecule has 0 aromatic carbocycles. The van der Waals surface area contributed by atoms with E-state index in [9.17, 15) is 9.59 Å². The number of rotatable bonds is 5. The van der Waals surface area contributed by atoms with Crippen LogP contribution in [0.25, 0.3) is 0 Å². The number of amides is 1. The van der Waals surface area contributed by atoms with E-state index in [0.717, 1.165) is 19.4 Å². The standard InChI is InChI=1S/C12H22N2O3/c1-3-17-12(16)6-4-5-10-7-14(9(2)15)8-11(10)13/h10-11H,3-8,13H2,1-2H3/t10?,11-/m1/s1. The van der Waals surface area contributed by atoms with Gasteiger partial charge in [-0.15, -0.1) is 0 Å². The predicted molar refractivity (Wildman–Crippen MR) is 64.2 cm³/mol. The van der Waals surface area contributed by atoms with Crippen LogP contribution in [0, 0.1) is 5.92 Å². The van der Waals surface area contributed by atoms with Crippen LogP contribution in [0.5, 0.6) is 0 Å². The third kappa shape index (κ3) is 4.34. The van der Waals surface area contributed by atoms with Gasteiger partial charge >= 0.3 is 5.97 Å². The van der Waals surface area contributed by atoms with Crippen LogP contribution < -0.4 is 5.73 Å². The SMILES string of the molecule is CCOC(=O)CCCC1CN(C(C)=O)C[C@H]1N. The molecule has 0 aliphatic carbocycles. The van der Waals surface area contributed by atoms with Gasteiger partial charge < -0.3 is 15.4 Å². The van der Waals surface area contributed by atoms with Crippen LogP contribution in [-0.2, 0) is 14.3 Å². The highest BCUT2D eigenvalue weighted by Crippen LogP contribution is 2.21. The summed E-state index contributed by atoms with van der Waals surface area (Å²) in [5, 5.41) is 0. The van der Waals surface area contributed by atoms with Crippen LogP contribution in [0.1, 0.15) is 33.1 Å². The summed E-state index contributed by atoms with van der Waals surface area (Å²) in [5.74, 6) is 0.240. The second-order valence-electron chi connectivity index (χ2n) is 4.55. The van der Waals surface area contributed by atoms with Gasteiger partial charge in [0.25, 0.3) is 0 Å². The summed E-state index contributed by atoms with van der Waals surface area (Å²) in [7, 11) is 0. The van der Waals surface area contributed by atoms with Crippen molar-refractivity contribution in [2.45, 2.75) is 39.2 Å². The maximum Gasteiger partial charge on any atom is 0.305 e. The molecule has 5 heteroatoms. The third-order valence-electron chi connectivity index (χ3n) is 3.20. The number of carbonyl (C=O) groups excluding carboxylic acids is 2. The Bertz CT molecular complexity index is 281. The first kappa shape index (κ1) is 14.0. The summed E-state index contributed by atoms with van der Waals surface area (Å²) < 4.78 is 4.86. The molecule has 5 nitrogen and oxygen atoms in total. The van der Waals surface area contributed by atoms with Gasteiger partial charge in [-0.1, -0.05) is 0 Å². The molecule has 1 rings (SSSR count). The Morgan fingerprint density at radius 2 is 2.12 bits per heavy atom. The highest BCUT2D eigenvalue weighted by atomic mass is 16.5. The van der Waals surface area contributed by atoms with E-state index in [4.69, 9.17) is 10.5 Å². The second-order valence-corrected chi connectivity index (χ2v) is 4.55. The first-order valence-corrected chi connectivity index (χ1v) is 6.21. The van der Waals surface area contributed by atoms with Crippen molar-refractivity contribution in [2.75, 3.05) is 19.7 Å². The molecule has 0 aromatic rings. The van der Waals surface area contributed by atoms with Crippen molar-refractivity contribution in [2.24, 2.45) is 11.7 Å². The molecule has 98 valence electrons. The monoisotopic (exact) mass is 242 g/mol. The van der Waals surface area contributed by atoms with Gasteiger partial charge in [0.05, 0.1) is 6.61 Å². The van der Waals surface area contributed by atoms with Gasteiger partial charge in [-0.05, 0) is 25.7 Å². The molecule has 0 bridgehead atoms. The lowest BCUT2D eigenvalue weighted by Gasteiger charge is -2.13. The quantitative estimate of drug-likeness (QED) is 0.714. The number of carbonyl (C=O) groups is 2. The molecule has 1 heterocycles. The molecule has 1 saturated heterocycles. The minimum atomic E-state index is -0.150. The fraction of sp³-hybridized carbons (Fsp3) is 0.833. The zero-order chi connectivity index (χ0) is 12.8. The molecule has 0 radical (unpaired) electrons. The van der Waals surface area contributed by atoms with Crippen LogP contribution in [0.4, 0.5) is 0 Å². The first-order valence-electron chi connectivity index (χ1n) is 6.21. The van der Waals surface area contributed by atoms with Crippen LogP contribution in [0.15, 0.2) is 0 Å². The number of nitrogens with zero attached hydrogens (tertiary/aromatic N) is 1. The molecule has 1 unspecified atom stereocenters. The number of likely N-dealkylation sites (tertiary alicyclic amines) is 1. The lowest BCUT2D eigenvalue weighted by Crippen LogP contribution is -2.31. The lowest BCUT2D eigenvalue weighted by atomic mass is 9.98. The molecule has 0 spiro atoms. The minimum absolute atomic E-state index is 0.0427. The van der Waals surface area contributed by atoms with Crippen molar-refractivity contribution in [1.29, 1.82) is 0 Å². The zero-order valence-corrected chi connectivity index (χ0v) is 10.6. The van der Waals surface area contributed by atoms with Gasteiger partial charge in [0.15, 0.2) is 0 Å². The van der Waals surface area contributed by atoms with Crippen LogP contribution in [-0.4, -0.2) is 42.5 Å². The highest BCUT2D eigenvalue weighted by Gasteiger charge is 2.30. The Kier molecular flexibility index (Phi) is 5.41. The summed E-state index contributed by atoms with van der Waals surface area (Å²) in [6.07, 6.45) is 2.10. The molecular weight excluding hydrogens is 220 g/mol. The topological polar surface area (TPSA) is 72.6 Å². The fourth-order valence-electron chi connectivity index (χ4n) is 2.20. The van der Waals surface area contributed by atoms with Gasteiger partial charge in [-0.2, -0.15) is 0 Å². The van der Waals surface area contributed by atoms with Crippen molar-refractivity contribution in [3.63, 3.8) is 0 Å². The normalized spacial score (nSPS) is 23.8. The van der Waals surface area contributed by atoms with E-state index < -0.39 is 0 Å². The van der Waals surface area contributed by atoms with Crippen molar-refractivity contribution >= 4 is 11.9 Å². The number of hydrogen-bond donors (Lipinski definition) is 1. The Labute approximate surface area is 102 Å². The second kappa shape index (κ2) is 6.59. The van der Waals surface area contributed by atoms with Gasteiger partial charge in [-0.25, -0.2) is 0 Å². The molecule has 1 aliphatic heterocycles. The van der Waals surface area contributed by atoms with Gasteiger partial charge in [0.2, 0.25) is 5.91 Å². The molecule has 2 atom stereocenters. The lowest BCUT2D eigenvalue weighted by molar-refractivity contribution is -0.143. The van der Waals surface area contributed by atoms with Gasteiger partial charge in [-0.3, -0.25) is 9.59 Å². The molecule has 0 saturated carbocycles. The molecule has 1 fully saturated rings. The maximum absolute atomic E-state index is 11.2. The molecule has 1 amide bonds. The number of nitrogens with two attached hydrogens (primary N) is 1. The largest absolute Gasteiger partial charge is 0.466 e. The van der Waals surface area contributed by atoms with E-state index in [1.165, 1.54) is 0 Å². The van der Waals surface area contributed by atoms with Crippen molar-refractivity contribution in [1.82, 2.24) is 4.90 Å². The van der Waals surface area contributed by atoms with Crippen LogP contribution in [0.3, 0.4) is 0 Å². The number of ether oxygens (including phenoxy) is 1. The van der Waals surface area contributed by atoms with Crippen molar-refractivity contribution in [3.8, 4) is 0 Å². The summed E-state index contributed by atoms with van der Waals surface area (Å²) >= 11 is 0. The van der Waals surface area contributed by atoms with Crippen molar-refractivity contribution < 1.29 is 14.3 Å². The zero-order valence-electron chi connectivity index (χ0n) is 10.6. The smallest absolute Gasteiger partial charge is 0.305 e. The number of esters is 1. The Morgan fingerprint density at radius 1 is 1.41 bits per heavy atom. The molecule has 17 heavy (non-hydrogen) atoms. The van der Waals surface area contributed by atoms with Crippen LogP contribution >= 0.6 is 0 Å². The Balaban J connectivity index is 2.24. The third-order valence-corrected chi connectivity index (χ3v) is 3.20. The molecular formula is C12H22N2O3. The fourth-order valence-corrected chi connectivity index (χ4v) is 2.20. The molecule has 1 aliphatic rings. The van der Waals surface area contributed by atoms with E-state index in [1.54, 1.807) is 18.7 Å².